The third-order valence-corrected chi connectivity index (χ3v) is 7.15. The maximum absolute atomic E-state index is 13.0. The molecule has 1 aromatic carbocycles. The van der Waals surface area contributed by atoms with Crippen LogP contribution in [-0.2, 0) is 4.79 Å². The number of aliphatic hydroxyl groups is 1. The Morgan fingerprint density at radius 3 is 2.96 bits per heavy atom. The van der Waals surface area contributed by atoms with Crippen LogP contribution in [0.15, 0.2) is 18.2 Å². The highest BCUT2D eigenvalue weighted by Gasteiger charge is 2.54. The van der Waals surface area contributed by atoms with E-state index in [1.165, 1.54) is 0 Å². The average Bonchev–Trinajstić information content (AvgIpc) is 2.96. The molecule has 1 N–H and O–H groups in total. The molecule has 25 heavy (non-hydrogen) atoms. The highest BCUT2D eigenvalue weighted by Crippen LogP contribution is 2.47. The van der Waals surface area contributed by atoms with E-state index in [0.717, 1.165) is 40.9 Å². The fraction of sp³-hybridized carbons (Fsp3) is 0.579. The van der Waals surface area contributed by atoms with Crippen molar-refractivity contribution >= 4 is 39.1 Å². The number of thiazole rings is 1. The predicted octanol–water partition coefficient (Wildman–Crippen LogP) is 4.35. The first-order chi connectivity index (χ1) is 11.9. The Hall–Kier alpha value is -1.17. The summed E-state index contributed by atoms with van der Waals surface area (Å²) in [5.41, 5.74) is 0.428. The summed E-state index contributed by atoms with van der Waals surface area (Å²) in [7, 11) is 0. The molecule has 2 unspecified atom stereocenters. The zero-order valence-corrected chi connectivity index (χ0v) is 16.1. The number of rotatable bonds is 4. The van der Waals surface area contributed by atoms with E-state index in [4.69, 9.17) is 11.6 Å². The molecule has 3 aliphatic rings. The Morgan fingerprint density at radius 2 is 2.24 bits per heavy atom. The van der Waals surface area contributed by atoms with E-state index in [9.17, 15) is 9.90 Å². The minimum Gasteiger partial charge on any atom is -0.390 e. The molecular weight excluding hydrogens is 356 g/mol. The highest BCUT2D eigenvalue weighted by molar-refractivity contribution is 7.18. The van der Waals surface area contributed by atoms with Gasteiger partial charge in [0, 0.05) is 29.4 Å². The molecule has 0 radical (unpaired) electrons. The molecule has 1 amide bonds. The predicted molar refractivity (Wildman–Crippen MR) is 101 cm³/mol. The van der Waals surface area contributed by atoms with Crippen molar-refractivity contribution in [3.05, 3.63) is 28.2 Å². The van der Waals surface area contributed by atoms with Crippen LogP contribution < -0.4 is 0 Å². The van der Waals surface area contributed by atoms with Gasteiger partial charge in [0.2, 0.25) is 5.91 Å². The van der Waals surface area contributed by atoms with Crippen molar-refractivity contribution < 1.29 is 9.90 Å². The van der Waals surface area contributed by atoms with Gasteiger partial charge >= 0.3 is 0 Å². The van der Waals surface area contributed by atoms with E-state index in [2.05, 4.69) is 23.7 Å². The first-order valence-electron chi connectivity index (χ1n) is 8.98. The second-order valence-corrected chi connectivity index (χ2v) is 9.12. The number of amides is 1. The first kappa shape index (κ1) is 17.3. The Morgan fingerprint density at radius 1 is 1.48 bits per heavy atom. The number of halogens is 1. The molecule has 2 bridgehead atoms. The van der Waals surface area contributed by atoms with E-state index in [1.54, 1.807) is 11.3 Å². The maximum Gasteiger partial charge on any atom is 0.223 e. The Bertz CT molecular complexity index is 815. The lowest BCUT2D eigenvalue weighted by Crippen LogP contribution is -2.67. The topological polar surface area (TPSA) is 53.4 Å². The van der Waals surface area contributed by atoms with Gasteiger partial charge < -0.3 is 10.0 Å². The quantitative estimate of drug-likeness (QED) is 0.860. The number of hydrogen-bond donors (Lipinski definition) is 1. The van der Waals surface area contributed by atoms with E-state index in [-0.39, 0.29) is 23.9 Å². The van der Waals surface area contributed by atoms with Crippen LogP contribution in [0.4, 0.5) is 0 Å². The summed E-state index contributed by atoms with van der Waals surface area (Å²) in [6.45, 7) is 4.17. The average molecular weight is 379 g/mol. The van der Waals surface area contributed by atoms with E-state index in [0.29, 0.717) is 11.4 Å². The molecule has 4 nitrogen and oxygen atoms in total. The largest absolute Gasteiger partial charge is 0.390 e. The van der Waals surface area contributed by atoms with Gasteiger partial charge in [-0.25, -0.2) is 4.98 Å². The summed E-state index contributed by atoms with van der Waals surface area (Å²) in [5.74, 6) is 0.283. The third-order valence-electron chi connectivity index (χ3n) is 5.66. The molecule has 6 heteroatoms. The second-order valence-electron chi connectivity index (χ2n) is 7.62. The van der Waals surface area contributed by atoms with Gasteiger partial charge in [0.25, 0.3) is 0 Å². The number of carbonyl (C=O) groups is 1. The summed E-state index contributed by atoms with van der Waals surface area (Å²) in [6, 6.07) is 6.10. The van der Waals surface area contributed by atoms with Crippen LogP contribution in [0.2, 0.25) is 5.02 Å². The molecule has 2 saturated heterocycles. The summed E-state index contributed by atoms with van der Waals surface area (Å²) < 4.78 is 1.07. The summed E-state index contributed by atoms with van der Waals surface area (Å²) in [4.78, 5) is 19.7. The molecule has 3 fully saturated rings. The Balaban J connectivity index is 1.49. The Labute approximate surface area is 156 Å². The van der Waals surface area contributed by atoms with Crippen molar-refractivity contribution in [2.75, 3.05) is 0 Å². The van der Waals surface area contributed by atoms with Crippen molar-refractivity contribution in [3.8, 4) is 0 Å². The first-order valence-corrected chi connectivity index (χ1v) is 10.2. The molecule has 0 spiro atoms. The van der Waals surface area contributed by atoms with E-state index < -0.39 is 5.60 Å². The van der Waals surface area contributed by atoms with Crippen LogP contribution in [-0.4, -0.2) is 38.6 Å². The molecule has 1 aliphatic carbocycles. The van der Waals surface area contributed by atoms with Crippen LogP contribution in [0, 0.1) is 0 Å². The molecule has 3 heterocycles. The third kappa shape index (κ3) is 3.07. The molecule has 134 valence electrons. The molecular formula is C19H23ClN2O2S. The number of piperidine rings is 2. The van der Waals surface area contributed by atoms with E-state index in [1.807, 2.05) is 18.2 Å². The number of nitrogens with zero attached hydrogens (tertiary/aromatic N) is 2. The van der Waals surface area contributed by atoms with Crippen LogP contribution >= 0.6 is 22.9 Å². The SMILES string of the molecule is CCC1CC2(O)CC(C2)N1C(=O)CC(C)c1nc2ccc(Cl)cc2s1. The van der Waals surface area contributed by atoms with Crippen molar-refractivity contribution in [1.82, 2.24) is 9.88 Å². The minimum atomic E-state index is -0.514. The van der Waals surface area contributed by atoms with Gasteiger partial charge in [0.15, 0.2) is 0 Å². The van der Waals surface area contributed by atoms with Gasteiger partial charge in [0.05, 0.1) is 20.8 Å². The molecule has 2 aliphatic heterocycles. The second kappa shape index (κ2) is 6.22. The summed E-state index contributed by atoms with van der Waals surface area (Å²) in [6.07, 6.45) is 3.57. The molecule has 5 rings (SSSR count). The maximum atomic E-state index is 13.0. The lowest BCUT2D eigenvalue weighted by molar-refractivity contribution is -0.178. The lowest BCUT2D eigenvalue weighted by atomic mass is 9.66. The van der Waals surface area contributed by atoms with Crippen LogP contribution in [0.1, 0.15) is 56.9 Å². The standard InChI is InChI=1S/C19H23ClN2O2S/c1-3-13-8-19(24)9-14(10-19)22(13)17(23)6-11(2)18-21-15-5-4-12(20)7-16(15)25-18/h4-5,7,11,13-14,24H,3,6,8-10H2,1-2H3. The fourth-order valence-corrected chi connectivity index (χ4v) is 5.64. The minimum absolute atomic E-state index is 0.0852. The van der Waals surface area contributed by atoms with Crippen LogP contribution in [0.25, 0.3) is 10.2 Å². The lowest BCUT2D eigenvalue weighted by Gasteiger charge is -2.58. The van der Waals surface area contributed by atoms with Gasteiger partial charge in [-0.15, -0.1) is 11.3 Å². The number of carbonyl (C=O) groups excluding carboxylic acids is 1. The zero-order valence-electron chi connectivity index (χ0n) is 14.5. The number of aromatic nitrogens is 1. The van der Waals surface area contributed by atoms with Crippen molar-refractivity contribution in [2.24, 2.45) is 0 Å². The highest BCUT2D eigenvalue weighted by atomic mass is 35.5. The number of benzene rings is 1. The van der Waals surface area contributed by atoms with Gasteiger partial charge in [-0.05, 0) is 43.9 Å². The van der Waals surface area contributed by atoms with Gasteiger partial charge in [-0.1, -0.05) is 25.4 Å². The van der Waals surface area contributed by atoms with Gasteiger partial charge in [-0.2, -0.15) is 0 Å². The van der Waals surface area contributed by atoms with Gasteiger partial charge in [-0.3, -0.25) is 4.79 Å². The summed E-state index contributed by atoms with van der Waals surface area (Å²) >= 11 is 7.67. The molecule has 1 saturated carbocycles. The molecule has 1 aromatic heterocycles. The number of fused-ring (bicyclic) bond motifs is 3. The van der Waals surface area contributed by atoms with Crippen molar-refractivity contribution in [3.63, 3.8) is 0 Å². The fourth-order valence-electron chi connectivity index (χ4n) is 4.35. The molecule has 2 atom stereocenters. The molecule has 2 aromatic rings. The van der Waals surface area contributed by atoms with Crippen LogP contribution in [0.5, 0.6) is 0 Å². The van der Waals surface area contributed by atoms with Crippen molar-refractivity contribution in [1.29, 1.82) is 0 Å². The summed E-state index contributed by atoms with van der Waals surface area (Å²) in [5, 5.41) is 12.0. The van der Waals surface area contributed by atoms with E-state index >= 15 is 0 Å². The van der Waals surface area contributed by atoms with Crippen LogP contribution in [0.3, 0.4) is 0 Å². The Kier molecular flexibility index (Phi) is 4.29. The van der Waals surface area contributed by atoms with Gasteiger partial charge in [0.1, 0.15) is 0 Å². The van der Waals surface area contributed by atoms with Crippen molar-refractivity contribution in [2.45, 2.75) is 69.6 Å². The zero-order chi connectivity index (χ0) is 17.8. The smallest absolute Gasteiger partial charge is 0.223 e. The number of hydrogen-bond acceptors (Lipinski definition) is 4. The monoisotopic (exact) mass is 378 g/mol. The normalized spacial score (nSPS) is 29.5.